The first-order chi connectivity index (χ1) is 9.18. The van der Waals surface area contributed by atoms with E-state index in [1.165, 1.54) is 19.3 Å². The van der Waals surface area contributed by atoms with Crippen LogP contribution in [0.15, 0.2) is 18.2 Å². The molecule has 2 atom stereocenters. The van der Waals surface area contributed by atoms with Crippen molar-refractivity contribution in [1.82, 2.24) is 5.32 Å². The lowest BCUT2D eigenvalue weighted by atomic mass is 10.1. The second kappa shape index (κ2) is 7.49. The minimum Gasteiger partial charge on any atom is -0.378 e. The molecule has 0 saturated carbocycles. The van der Waals surface area contributed by atoms with Gasteiger partial charge in [0, 0.05) is 12.6 Å². The lowest BCUT2D eigenvalue weighted by Gasteiger charge is -2.24. The summed E-state index contributed by atoms with van der Waals surface area (Å²) >= 11 is 12.3. The average Bonchev–Trinajstić information content (AvgIpc) is 2.43. The second-order valence-corrected chi connectivity index (χ2v) is 5.88. The SMILES string of the molecule is CC(NCCC1CCCCO1)c1cccc(Cl)c1Cl. The summed E-state index contributed by atoms with van der Waals surface area (Å²) in [6, 6.07) is 5.97. The van der Waals surface area contributed by atoms with Crippen molar-refractivity contribution in [1.29, 1.82) is 0 Å². The van der Waals surface area contributed by atoms with Gasteiger partial charge >= 0.3 is 0 Å². The van der Waals surface area contributed by atoms with Crippen LogP contribution in [-0.4, -0.2) is 19.3 Å². The Morgan fingerprint density at radius 2 is 2.21 bits per heavy atom. The van der Waals surface area contributed by atoms with Crippen LogP contribution in [0.3, 0.4) is 0 Å². The van der Waals surface area contributed by atoms with Crippen molar-refractivity contribution in [3.05, 3.63) is 33.8 Å². The maximum absolute atomic E-state index is 6.22. The summed E-state index contributed by atoms with van der Waals surface area (Å²) in [4.78, 5) is 0. The van der Waals surface area contributed by atoms with Crippen LogP contribution in [0.2, 0.25) is 10.0 Å². The van der Waals surface area contributed by atoms with Crippen LogP contribution in [0, 0.1) is 0 Å². The Bertz CT molecular complexity index is 405. The molecule has 0 spiro atoms. The standard InChI is InChI=1S/C15H21Cl2NO/c1-11(13-6-4-7-14(16)15(13)17)18-9-8-12-5-2-3-10-19-12/h4,6-7,11-12,18H,2-3,5,8-10H2,1H3. The zero-order valence-corrected chi connectivity index (χ0v) is 12.8. The molecule has 0 bridgehead atoms. The van der Waals surface area contributed by atoms with Crippen molar-refractivity contribution in [2.75, 3.05) is 13.2 Å². The Kier molecular flexibility index (Phi) is 5.96. The number of ether oxygens (including phenoxy) is 1. The Balaban J connectivity index is 1.80. The molecule has 0 radical (unpaired) electrons. The molecule has 2 nitrogen and oxygen atoms in total. The van der Waals surface area contributed by atoms with Crippen molar-refractivity contribution < 1.29 is 4.74 Å². The largest absolute Gasteiger partial charge is 0.378 e. The number of hydrogen-bond acceptors (Lipinski definition) is 2. The molecule has 1 N–H and O–H groups in total. The molecule has 1 heterocycles. The van der Waals surface area contributed by atoms with Gasteiger partial charge in [0.25, 0.3) is 0 Å². The van der Waals surface area contributed by atoms with Gasteiger partial charge in [-0.2, -0.15) is 0 Å². The summed E-state index contributed by atoms with van der Waals surface area (Å²) in [5.74, 6) is 0. The van der Waals surface area contributed by atoms with Gasteiger partial charge in [-0.3, -0.25) is 0 Å². The van der Waals surface area contributed by atoms with Gasteiger partial charge in [0.15, 0.2) is 0 Å². The van der Waals surface area contributed by atoms with Crippen molar-refractivity contribution >= 4 is 23.2 Å². The predicted octanol–water partition coefficient (Wildman–Crippen LogP) is 4.60. The summed E-state index contributed by atoms with van der Waals surface area (Å²) in [6.45, 7) is 3.97. The molecule has 1 saturated heterocycles. The summed E-state index contributed by atoms with van der Waals surface area (Å²) in [5.41, 5.74) is 1.05. The van der Waals surface area contributed by atoms with Gasteiger partial charge in [0.2, 0.25) is 0 Å². The Labute approximate surface area is 125 Å². The van der Waals surface area contributed by atoms with E-state index in [1.54, 1.807) is 0 Å². The molecule has 0 amide bonds. The van der Waals surface area contributed by atoms with Crippen molar-refractivity contribution in [3.63, 3.8) is 0 Å². The van der Waals surface area contributed by atoms with Crippen LogP contribution in [0.25, 0.3) is 0 Å². The smallest absolute Gasteiger partial charge is 0.0639 e. The molecular formula is C15H21Cl2NO. The fourth-order valence-electron chi connectivity index (χ4n) is 2.46. The van der Waals surface area contributed by atoms with E-state index in [4.69, 9.17) is 27.9 Å². The summed E-state index contributed by atoms with van der Waals surface area (Å²) in [7, 11) is 0. The number of rotatable bonds is 5. The predicted molar refractivity (Wildman–Crippen MR) is 81.1 cm³/mol. The normalized spacial score (nSPS) is 21.3. The molecule has 106 valence electrons. The summed E-state index contributed by atoms with van der Waals surface area (Å²) in [6.07, 6.45) is 5.17. The molecule has 4 heteroatoms. The van der Waals surface area contributed by atoms with Crippen molar-refractivity contribution in [2.45, 2.75) is 44.8 Å². The number of halogens is 2. The molecule has 1 aliphatic heterocycles. The average molecular weight is 302 g/mol. The number of nitrogens with one attached hydrogen (secondary N) is 1. The maximum Gasteiger partial charge on any atom is 0.0639 e. The zero-order chi connectivity index (χ0) is 13.7. The van der Waals surface area contributed by atoms with Crippen LogP contribution in [0.5, 0.6) is 0 Å². The van der Waals surface area contributed by atoms with Gasteiger partial charge in [-0.1, -0.05) is 35.3 Å². The second-order valence-electron chi connectivity index (χ2n) is 5.10. The topological polar surface area (TPSA) is 21.3 Å². The highest BCUT2D eigenvalue weighted by Crippen LogP contribution is 2.29. The van der Waals surface area contributed by atoms with Gasteiger partial charge in [0.1, 0.15) is 0 Å². The van der Waals surface area contributed by atoms with Crippen LogP contribution in [0.1, 0.15) is 44.2 Å². The van der Waals surface area contributed by atoms with E-state index in [-0.39, 0.29) is 6.04 Å². The molecule has 1 aromatic carbocycles. The van der Waals surface area contributed by atoms with Crippen LogP contribution >= 0.6 is 23.2 Å². The van der Waals surface area contributed by atoms with Crippen LogP contribution in [0.4, 0.5) is 0 Å². The van der Waals surface area contributed by atoms with E-state index in [9.17, 15) is 0 Å². The summed E-state index contributed by atoms with van der Waals surface area (Å²) < 4.78 is 5.72. The molecular weight excluding hydrogens is 281 g/mol. The highest BCUT2D eigenvalue weighted by Gasteiger charge is 2.15. The van der Waals surface area contributed by atoms with Gasteiger partial charge in [-0.25, -0.2) is 0 Å². The highest BCUT2D eigenvalue weighted by molar-refractivity contribution is 6.42. The third kappa shape index (κ3) is 4.35. The summed E-state index contributed by atoms with van der Waals surface area (Å²) in [5, 5.41) is 4.76. The van der Waals surface area contributed by atoms with Gasteiger partial charge < -0.3 is 10.1 Å². The first-order valence-electron chi connectivity index (χ1n) is 6.97. The highest BCUT2D eigenvalue weighted by atomic mass is 35.5. The van der Waals surface area contributed by atoms with E-state index in [0.717, 1.165) is 25.1 Å². The lowest BCUT2D eigenvalue weighted by molar-refractivity contribution is 0.0112. The van der Waals surface area contributed by atoms with E-state index in [2.05, 4.69) is 12.2 Å². The quantitative estimate of drug-likeness (QED) is 0.858. The van der Waals surface area contributed by atoms with Gasteiger partial charge in [0.05, 0.1) is 16.1 Å². The molecule has 1 aromatic rings. The molecule has 1 fully saturated rings. The molecule has 0 aliphatic carbocycles. The Morgan fingerprint density at radius 3 is 2.95 bits per heavy atom. The third-order valence-electron chi connectivity index (χ3n) is 3.64. The Morgan fingerprint density at radius 1 is 1.37 bits per heavy atom. The van der Waals surface area contributed by atoms with E-state index in [0.29, 0.717) is 16.1 Å². The first-order valence-corrected chi connectivity index (χ1v) is 7.73. The van der Waals surface area contributed by atoms with Gasteiger partial charge in [-0.15, -0.1) is 0 Å². The zero-order valence-electron chi connectivity index (χ0n) is 11.3. The van der Waals surface area contributed by atoms with E-state index < -0.39 is 0 Å². The first kappa shape index (κ1) is 15.1. The van der Waals surface area contributed by atoms with Crippen molar-refractivity contribution in [2.24, 2.45) is 0 Å². The maximum atomic E-state index is 6.22. The molecule has 2 unspecified atom stereocenters. The minimum absolute atomic E-state index is 0.204. The van der Waals surface area contributed by atoms with Crippen LogP contribution < -0.4 is 5.32 Å². The minimum atomic E-state index is 0.204. The fourth-order valence-corrected chi connectivity index (χ4v) is 2.93. The monoisotopic (exact) mass is 301 g/mol. The molecule has 2 rings (SSSR count). The molecule has 19 heavy (non-hydrogen) atoms. The fraction of sp³-hybridized carbons (Fsp3) is 0.600. The van der Waals surface area contributed by atoms with Gasteiger partial charge in [-0.05, 0) is 50.8 Å². The van der Waals surface area contributed by atoms with Crippen molar-refractivity contribution in [3.8, 4) is 0 Å². The third-order valence-corrected chi connectivity index (χ3v) is 4.47. The molecule has 0 aromatic heterocycles. The number of benzene rings is 1. The van der Waals surface area contributed by atoms with Crippen LogP contribution in [-0.2, 0) is 4.74 Å². The molecule has 1 aliphatic rings. The lowest BCUT2D eigenvalue weighted by Crippen LogP contribution is -2.27. The Hall–Kier alpha value is -0.280. The number of hydrogen-bond donors (Lipinski definition) is 1. The van der Waals surface area contributed by atoms with E-state index >= 15 is 0 Å². The van der Waals surface area contributed by atoms with E-state index in [1.807, 2.05) is 18.2 Å².